The Morgan fingerprint density at radius 2 is 1.86 bits per heavy atom. The Bertz CT molecular complexity index is 1570. The Hall–Kier alpha value is -3.73. The molecule has 12 heteroatoms. The molecular weight excluding hydrogens is 544 g/mol. The normalized spacial score (nSPS) is 17.0. The number of carbonyl (C=O) groups is 2. The van der Waals surface area contributed by atoms with E-state index in [9.17, 15) is 19.1 Å². The summed E-state index contributed by atoms with van der Waals surface area (Å²) in [4.78, 5) is 36.4. The molecule has 5 rings (SSSR count). The van der Waals surface area contributed by atoms with Gasteiger partial charge in [0.05, 0.1) is 51.7 Å². The molecule has 2 aromatic heterocycles. The van der Waals surface area contributed by atoms with Gasteiger partial charge in [-0.2, -0.15) is 0 Å². The summed E-state index contributed by atoms with van der Waals surface area (Å²) in [6, 6.07) is 7.58. The molecule has 1 N–H and O–H groups in total. The molecule has 2 aromatic carbocycles. The van der Waals surface area contributed by atoms with Crippen molar-refractivity contribution in [2.24, 2.45) is 0 Å². The third-order valence-corrected chi connectivity index (χ3v) is 7.40. The molecule has 3 heterocycles. The summed E-state index contributed by atoms with van der Waals surface area (Å²) in [5, 5.41) is 11.6. The van der Waals surface area contributed by atoms with Crippen LogP contribution in [0.2, 0.25) is 10.0 Å². The van der Waals surface area contributed by atoms with Gasteiger partial charge in [-0.25, -0.2) is 9.37 Å². The Labute approximate surface area is 223 Å². The molecule has 1 saturated heterocycles. The van der Waals surface area contributed by atoms with Gasteiger partial charge in [0, 0.05) is 18.5 Å². The molecule has 188 valence electrons. The van der Waals surface area contributed by atoms with E-state index in [4.69, 9.17) is 32.7 Å². The van der Waals surface area contributed by atoms with E-state index in [0.29, 0.717) is 21.5 Å². The summed E-state index contributed by atoms with van der Waals surface area (Å²) in [7, 11) is 2.80. The molecule has 1 amide bonds. The zero-order chi connectivity index (χ0) is 26.4. The second-order valence-corrected chi connectivity index (χ2v) is 9.70. The molecule has 1 fully saturated rings. The molecule has 0 saturated carbocycles. The average molecular weight is 560 g/mol. The number of rotatable bonds is 5. The van der Waals surface area contributed by atoms with Crippen molar-refractivity contribution in [3.63, 3.8) is 0 Å². The Kier molecular flexibility index (Phi) is 6.49. The molecule has 1 atom stereocenters. The first-order chi connectivity index (χ1) is 17.7. The fourth-order valence-electron chi connectivity index (χ4n) is 4.09. The number of amides is 1. The molecule has 0 aliphatic carbocycles. The van der Waals surface area contributed by atoms with Gasteiger partial charge < -0.3 is 14.6 Å². The summed E-state index contributed by atoms with van der Waals surface area (Å²) in [6.45, 7) is 0. The zero-order valence-electron chi connectivity index (χ0n) is 19.2. The number of anilines is 1. The van der Waals surface area contributed by atoms with Crippen LogP contribution in [0.5, 0.6) is 11.5 Å². The topological polar surface area (TPSA) is 102 Å². The molecule has 1 unspecified atom stereocenters. The summed E-state index contributed by atoms with van der Waals surface area (Å²) < 4.78 is 25.1. The van der Waals surface area contributed by atoms with E-state index in [-0.39, 0.29) is 32.1 Å². The predicted octanol–water partition coefficient (Wildman–Crippen LogP) is 5.78. The highest BCUT2D eigenvalue weighted by Crippen LogP contribution is 2.46. The van der Waals surface area contributed by atoms with Crippen LogP contribution in [0.4, 0.5) is 9.52 Å². The number of aliphatic hydroxyl groups is 1. The largest absolute Gasteiger partial charge is 0.507 e. The number of aromatic nitrogens is 2. The van der Waals surface area contributed by atoms with Gasteiger partial charge in [0.25, 0.3) is 5.78 Å². The standard InChI is InChI=1S/C25H16Cl2FN3O5S/c1-35-17-9-18(36-2)14(27)6-12(17)22(32)20-21(11-4-3-5-29-10-11)31(24(34)23(20)33)25-30-16-7-13(26)15(28)8-19(16)37-25/h3-10,21,32H,1-2H3/b22-20+. The molecule has 0 bridgehead atoms. The van der Waals surface area contributed by atoms with Crippen molar-refractivity contribution < 1.29 is 28.6 Å². The monoisotopic (exact) mass is 559 g/mol. The van der Waals surface area contributed by atoms with Crippen molar-refractivity contribution >= 4 is 67.3 Å². The van der Waals surface area contributed by atoms with E-state index in [0.717, 1.165) is 16.2 Å². The van der Waals surface area contributed by atoms with Crippen LogP contribution in [0.1, 0.15) is 17.2 Å². The van der Waals surface area contributed by atoms with Gasteiger partial charge in [0.1, 0.15) is 23.1 Å². The highest BCUT2D eigenvalue weighted by Gasteiger charge is 2.48. The first kappa shape index (κ1) is 24.9. The minimum absolute atomic E-state index is 0.0818. The van der Waals surface area contributed by atoms with Crippen molar-refractivity contribution in [3.8, 4) is 11.5 Å². The van der Waals surface area contributed by atoms with Gasteiger partial charge >= 0.3 is 5.91 Å². The summed E-state index contributed by atoms with van der Waals surface area (Å²) >= 11 is 13.2. The third kappa shape index (κ3) is 4.16. The number of methoxy groups -OCH3 is 2. The SMILES string of the molecule is COc1cc(OC)c(/C(O)=C2\C(=O)C(=O)N(c3nc4cc(Cl)c(F)cc4s3)C2c2cccnc2)cc1Cl. The van der Waals surface area contributed by atoms with E-state index in [2.05, 4.69) is 9.97 Å². The van der Waals surface area contributed by atoms with E-state index in [1.165, 1.54) is 50.9 Å². The predicted molar refractivity (Wildman–Crippen MR) is 138 cm³/mol. The van der Waals surface area contributed by atoms with Crippen molar-refractivity contribution in [2.75, 3.05) is 19.1 Å². The first-order valence-electron chi connectivity index (χ1n) is 10.6. The number of Topliss-reactive ketones (excluding diaryl/α,β-unsaturated/α-hetero) is 1. The minimum Gasteiger partial charge on any atom is -0.507 e. The minimum atomic E-state index is -1.10. The first-order valence-corrected chi connectivity index (χ1v) is 12.2. The summed E-state index contributed by atoms with van der Waals surface area (Å²) in [6.07, 6.45) is 3.00. The fraction of sp³-hybridized carbons (Fsp3) is 0.120. The maximum atomic E-state index is 14.1. The number of fused-ring (bicyclic) bond motifs is 1. The van der Waals surface area contributed by atoms with Gasteiger partial charge in [-0.15, -0.1) is 0 Å². The molecule has 4 aromatic rings. The lowest BCUT2D eigenvalue weighted by Crippen LogP contribution is -2.29. The highest BCUT2D eigenvalue weighted by molar-refractivity contribution is 7.22. The van der Waals surface area contributed by atoms with E-state index < -0.39 is 29.3 Å². The molecule has 0 radical (unpaired) electrons. The second kappa shape index (κ2) is 9.62. The molecule has 1 aliphatic heterocycles. The fourth-order valence-corrected chi connectivity index (χ4v) is 5.49. The number of carbonyl (C=O) groups excluding carboxylic acids is 2. The van der Waals surface area contributed by atoms with Crippen molar-refractivity contribution in [1.29, 1.82) is 0 Å². The number of ketones is 1. The van der Waals surface area contributed by atoms with Crippen molar-refractivity contribution in [2.45, 2.75) is 6.04 Å². The molecule has 8 nitrogen and oxygen atoms in total. The number of halogens is 3. The van der Waals surface area contributed by atoms with Crippen LogP contribution in [-0.4, -0.2) is 41.0 Å². The molecule has 1 aliphatic rings. The molecular formula is C25H16Cl2FN3O5S. The zero-order valence-corrected chi connectivity index (χ0v) is 21.5. The van der Waals surface area contributed by atoms with E-state index >= 15 is 0 Å². The number of hydrogen-bond acceptors (Lipinski definition) is 8. The van der Waals surface area contributed by atoms with Gasteiger partial charge in [0.2, 0.25) is 0 Å². The Balaban J connectivity index is 1.75. The van der Waals surface area contributed by atoms with Gasteiger partial charge in [-0.1, -0.05) is 40.6 Å². The number of pyridine rings is 1. The van der Waals surface area contributed by atoms with Crippen molar-refractivity contribution in [3.05, 3.63) is 81.4 Å². The quantitative estimate of drug-likeness (QED) is 0.188. The van der Waals surface area contributed by atoms with Crippen LogP contribution >= 0.6 is 34.5 Å². The Morgan fingerprint density at radius 1 is 1.11 bits per heavy atom. The lowest BCUT2D eigenvalue weighted by molar-refractivity contribution is -0.132. The second-order valence-electron chi connectivity index (χ2n) is 7.87. The maximum absolute atomic E-state index is 14.1. The number of nitrogens with zero attached hydrogens (tertiary/aromatic N) is 3. The summed E-state index contributed by atoms with van der Waals surface area (Å²) in [5.41, 5.74) is 0.645. The maximum Gasteiger partial charge on any atom is 0.301 e. The number of benzene rings is 2. The molecule has 37 heavy (non-hydrogen) atoms. The van der Waals surface area contributed by atoms with Gasteiger partial charge in [-0.3, -0.25) is 19.5 Å². The highest BCUT2D eigenvalue weighted by atomic mass is 35.5. The van der Waals surface area contributed by atoms with Crippen LogP contribution in [0.3, 0.4) is 0 Å². The third-order valence-electron chi connectivity index (χ3n) is 5.80. The lowest BCUT2D eigenvalue weighted by Gasteiger charge is -2.22. The van der Waals surface area contributed by atoms with Crippen molar-refractivity contribution in [1.82, 2.24) is 9.97 Å². The Morgan fingerprint density at radius 3 is 2.54 bits per heavy atom. The lowest BCUT2D eigenvalue weighted by atomic mass is 9.96. The molecule has 0 spiro atoms. The smallest absolute Gasteiger partial charge is 0.301 e. The van der Waals surface area contributed by atoms with Crippen LogP contribution in [0.25, 0.3) is 16.0 Å². The average Bonchev–Trinajstić information content (AvgIpc) is 3.41. The van der Waals surface area contributed by atoms with Crippen LogP contribution in [0.15, 0.2) is 54.4 Å². The summed E-state index contributed by atoms with van der Waals surface area (Å²) in [5.74, 6) is -2.58. The number of thiazole rings is 1. The number of hydrogen-bond donors (Lipinski definition) is 1. The van der Waals surface area contributed by atoms with E-state index in [1.54, 1.807) is 12.1 Å². The van der Waals surface area contributed by atoms with Crippen LogP contribution < -0.4 is 14.4 Å². The van der Waals surface area contributed by atoms with E-state index in [1.807, 2.05) is 0 Å². The van der Waals surface area contributed by atoms with Crippen LogP contribution in [-0.2, 0) is 9.59 Å². The van der Waals surface area contributed by atoms with Gasteiger partial charge in [-0.05, 0) is 29.8 Å². The van der Waals surface area contributed by atoms with Crippen LogP contribution in [0, 0.1) is 5.82 Å². The number of aliphatic hydroxyl groups excluding tert-OH is 1. The van der Waals surface area contributed by atoms with Gasteiger partial charge in [0.15, 0.2) is 5.13 Å². The number of ether oxygens (including phenoxy) is 2.